The molecule has 0 amide bonds. The number of rotatable bonds is 7. The average Bonchev–Trinajstić information content (AvgIpc) is 3.48. The van der Waals surface area contributed by atoms with Crippen LogP contribution in [0, 0.1) is 18.8 Å². The molecule has 2 aromatic heterocycles. The summed E-state index contributed by atoms with van der Waals surface area (Å²) in [5.74, 6) is 2.82. The predicted molar refractivity (Wildman–Crippen MR) is 144 cm³/mol. The van der Waals surface area contributed by atoms with E-state index in [-0.39, 0.29) is 16.9 Å². The van der Waals surface area contributed by atoms with Crippen molar-refractivity contribution in [2.45, 2.75) is 52.0 Å². The number of nitrogens with zero attached hydrogens (tertiary/aromatic N) is 3. The fourth-order valence-corrected chi connectivity index (χ4v) is 6.81. The number of piperidine rings is 1. The van der Waals surface area contributed by atoms with Gasteiger partial charge in [0.05, 0.1) is 18.1 Å². The molecule has 0 unspecified atom stereocenters. The van der Waals surface area contributed by atoms with E-state index in [2.05, 4.69) is 24.0 Å². The number of hydrogen-bond donors (Lipinski definition) is 0. The molecule has 10 heteroatoms. The predicted octanol–water partition coefficient (Wildman–Crippen LogP) is 5.92. The third kappa shape index (κ3) is 4.90. The van der Waals surface area contributed by atoms with Crippen LogP contribution in [-0.4, -0.2) is 49.2 Å². The van der Waals surface area contributed by atoms with Gasteiger partial charge in [-0.2, -0.15) is 9.29 Å². The number of aryl methyl sites for hydroxylation is 1. The lowest BCUT2D eigenvalue weighted by molar-refractivity contribution is 0.222. The molecule has 1 aliphatic rings. The van der Waals surface area contributed by atoms with E-state index in [1.165, 1.54) is 0 Å². The molecule has 2 aromatic carbocycles. The number of hydrogen-bond acceptors (Lipinski definition) is 8. The molecule has 0 aliphatic carbocycles. The molecular weight excluding hydrogens is 506 g/mol. The molecule has 1 saturated heterocycles. The van der Waals surface area contributed by atoms with Crippen molar-refractivity contribution < 1.29 is 26.8 Å². The molecule has 2 atom stereocenters. The fraction of sp³-hybridized carbons (Fsp3) is 0.429. The highest BCUT2D eigenvalue weighted by Gasteiger charge is 2.32. The van der Waals surface area contributed by atoms with E-state index in [9.17, 15) is 8.42 Å². The highest BCUT2D eigenvalue weighted by atomic mass is 32.2. The van der Waals surface area contributed by atoms with Crippen molar-refractivity contribution in [3.8, 4) is 34.5 Å². The van der Waals surface area contributed by atoms with E-state index in [0.29, 0.717) is 64.5 Å². The lowest BCUT2D eigenvalue weighted by atomic mass is 9.94. The molecule has 0 bridgehead atoms. The van der Waals surface area contributed by atoms with Gasteiger partial charge in [0.1, 0.15) is 5.58 Å². The Balaban J connectivity index is 1.46. The highest BCUT2D eigenvalue weighted by Crippen LogP contribution is 2.37. The number of furan rings is 1. The van der Waals surface area contributed by atoms with Crippen LogP contribution in [0.3, 0.4) is 0 Å². The second-order valence-corrected chi connectivity index (χ2v) is 12.4. The maximum Gasteiger partial charge on any atom is 0.294 e. The summed E-state index contributed by atoms with van der Waals surface area (Å²) in [7, 11) is -2.05. The molecule has 202 valence electrons. The Labute approximate surface area is 222 Å². The topological polar surface area (TPSA) is 108 Å². The van der Waals surface area contributed by atoms with E-state index in [1.54, 1.807) is 35.7 Å². The van der Waals surface area contributed by atoms with E-state index in [0.717, 1.165) is 12.0 Å². The minimum absolute atomic E-state index is 0.00469. The van der Waals surface area contributed by atoms with Crippen LogP contribution in [0.1, 0.15) is 39.7 Å². The van der Waals surface area contributed by atoms with Gasteiger partial charge in [0.15, 0.2) is 17.3 Å². The molecular formula is C28H33N3O6S. The van der Waals surface area contributed by atoms with Crippen molar-refractivity contribution >= 4 is 21.0 Å². The van der Waals surface area contributed by atoms with Crippen molar-refractivity contribution in [2.75, 3.05) is 20.2 Å². The summed E-state index contributed by atoms with van der Waals surface area (Å²) in [6.45, 7) is 11.0. The van der Waals surface area contributed by atoms with Gasteiger partial charge in [0.25, 0.3) is 5.89 Å². The van der Waals surface area contributed by atoms with Crippen LogP contribution in [0.5, 0.6) is 11.5 Å². The monoisotopic (exact) mass is 539 g/mol. The number of methoxy groups -OCH3 is 1. The van der Waals surface area contributed by atoms with Gasteiger partial charge in [-0.25, -0.2) is 8.42 Å². The largest absolute Gasteiger partial charge is 0.493 e. The van der Waals surface area contributed by atoms with Crippen LogP contribution in [0.4, 0.5) is 0 Å². The Morgan fingerprint density at radius 1 is 1.05 bits per heavy atom. The van der Waals surface area contributed by atoms with Crippen LogP contribution in [0.15, 0.2) is 50.2 Å². The Morgan fingerprint density at radius 2 is 1.79 bits per heavy atom. The molecule has 38 heavy (non-hydrogen) atoms. The summed E-state index contributed by atoms with van der Waals surface area (Å²) >= 11 is 0. The first-order valence-corrected chi connectivity index (χ1v) is 14.2. The van der Waals surface area contributed by atoms with Gasteiger partial charge < -0.3 is 18.4 Å². The lowest BCUT2D eigenvalue weighted by Gasteiger charge is -2.34. The molecule has 5 rings (SSSR count). The quantitative estimate of drug-likeness (QED) is 0.285. The van der Waals surface area contributed by atoms with Crippen molar-refractivity contribution in [3.63, 3.8) is 0 Å². The maximum absolute atomic E-state index is 13.4. The fourth-order valence-electron chi connectivity index (χ4n) is 5.11. The van der Waals surface area contributed by atoms with Crippen LogP contribution in [0.2, 0.25) is 0 Å². The number of sulfonamides is 1. The Bertz CT molecular complexity index is 1560. The molecule has 0 spiro atoms. The molecule has 1 aliphatic heterocycles. The standard InChI is InChI=1S/C28H33N3O6S/c1-16(2)35-24-9-7-20(12-25(24)34-6)27-29-28(37-30-27)26-19(5)22-13-21(8-10-23(22)36-26)38(32,33)31-14-17(3)11-18(4)15-31/h7-10,12-13,16-18H,11,14-15H2,1-6H3/t17-,18-/m1/s1. The van der Waals surface area contributed by atoms with E-state index >= 15 is 0 Å². The maximum atomic E-state index is 13.4. The summed E-state index contributed by atoms with van der Waals surface area (Å²) in [6.07, 6.45) is 1.04. The summed E-state index contributed by atoms with van der Waals surface area (Å²) < 4.78 is 51.3. The zero-order chi connectivity index (χ0) is 27.2. The minimum Gasteiger partial charge on any atom is -0.493 e. The second kappa shape index (κ2) is 10.1. The van der Waals surface area contributed by atoms with Crippen LogP contribution in [0.25, 0.3) is 34.0 Å². The first-order chi connectivity index (χ1) is 18.1. The van der Waals surface area contributed by atoms with Gasteiger partial charge in [-0.15, -0.1) is 0 Å². The van der Waals surface area contributed by atoms with Crippen LogP contribution in [-0.2, 0) is 10.0 Å². The lowest BCUT2D eigenvalue weighted by Crippen LogP contribution is -2.42. The van der Waals surface area contributed by atoms with Crippen molar-refractivity contribution in [1.82, 2.24) is 14.4 Å². The molecule has 0 saturated carbocycles. The first-order valence-electron chi connectivity index (χ1n) is 12.8. The number of ether oxygens (including phenoxy) is 2. The molecule has 3 heterocycles. The van der Waals surface area contributed by atoms with Crippen molar-refractivity contribution in [2.24, 2.45) is 11.8 Å². The molecule has 9 nitrogen and oxygen atoms in total. The van der Waals surface area contributed by atoms with Gasteiger partial charge in [-0.1, -0.05) is 19.0 Å². The SMILES string of the molecule is COc1cc(-c2noc(-c3oc4ccc(S(=O)(=O)N5C[C@H](C)C[C@@H](C)C5)cc4c3C)n2)ccc1OC(C)C. The molecule has 0 radical (unpaired) electrons. The van der Waals surface area contributed by atoms with Gasteiger partial charge in [-0.3, -0.25) is 0 Å². The molecule has 4 aromatic rings. The Morgan fingerprint density at radius 3 is 2.47 bits per heavy atom. The summed E-state index contributed by atoms with van der Waals surface area (Å²) in [5, 5.41) is 4.82. The van der Waals surface area contributed by atoms with E-state index in [1.807, 2.05) is 32.9 Å². The molecule has 0 N–H and O–H groups in total. The Kier molecular flexibility index (Phi) is 6.96. The number of fused-ring (bicyclic) bond motifs is 1. The number of benzene rings is 2. The summed E-state index contributed by atoms with van der Waals surface area (Å²) in [6, 6.07) is 10.4. The van der Waals surface area contributed by atoms with Crippen LogP contribution < -0.4 is 9.47 Å². The zero-order valence-electron chi connectivity index (χ0n) is 22.5. The minimum atomic E-state index is -3.62. The van der Waals surface area contributed by atoms with E-state index < -0.39 is 10.0 Å². The van der Waals surface area contributed by atoms with Crippen molar-refractivity contribution in [3.05, 3.63) is 42.0 Å². The summed E-state index contributed by atoms with van der Waals surface area (Å²) in [4.78, 5) is 4.79. The smallest absolute Gasteiger partial charge is 0.294 e. The molecule has 1 fully saturated rings. The van der Waals surface area contributed by atoms with E-state index in [4.69, 9.17) is 18.4 Å². The van der Waals surface area contributed by atoms with Crippen LogP contribution >= 0.6 is 0 Å². The van der Waals surface area contributed by atoms with Gasteiger partial charge in [0.2, 0.25) is 15.8 Å². The van der Waals surface area contributed by atoms with Gasteiger partial charge >= 0.3 is 0 Å². The summed E-state index contributed by atoms with van der Waals surface area (Å²) in [5.41, 5.74) is 1.97. The zero-order valence-corrected chi connectivity index (χ0v) is 23.3. The highest BCUT2D eigenvalue weighted by molar-refractivity contribution is 7.89. The van der Waals surface area contributed by atoms with Gasteiger partial charge in [-0.05, 0) is 75.4 Å². The normalized spacial score (nSPS) is 18.8. The second-order valence-electron chi connectivity index (χ2n) is 10.4. The average molecular weight is 540 g/mol. The van der Waals surface area contributed by atoms with Crippen molar-refractivity contribution in [1.29, 1.82) is 0 Å². The Hall–Kier alpha value is -3.37. The number of aromatic nitrogens is 2. The third-order valence-electron chi connectivity index (χ3n) is 6.79. The first kappa shape index (κ1) is 26.2. The van der Waals surface area contributed by atoms with Gasteiger partial charge in [0, 0.05) is 29.6 Å². The third-order valence-corrected chi connectivity index (χ3v) is 8.61.